The van der Waals surface area contributed by atoms with Crippen LogP contribution < -0.4 is 5.73 Å². The van der Waals surface area contributed by atoms with Crippen LogP contribution in [0.15, 0.2) is 0 Å². The third-order valence-electron chi connectivity index (χ3n) is 5.00. The Balaban J connectivity index is 3.44. The Morgan fingerprint density at radius 2 is 1.58 bits per heavy atom. The number of aliphatic carboxylic acids is 2. The Bertz CT molecular complexity index is 515. The van der Waals surface area contributed by atoms with Crippen LogP contribution in [0.5, 0.6) is 0 Å². The number of hydrogen-bond acceptors (Lipinski definition) is 6. The van der Waals surface area contributed by atoms with Crippen LogP contribution in [0.2, 0.25) is 0 Å². The number of ether oxygens (including phenoxy) is 2. The maximum Gasteiger partial charge on any atom is 0.325 e. The zero-order valence-corrected chi connectivity index (χ0v) is 14.7. The molecule has 0 radical (unpaired) electrons. The molecule has 0 aromatic heterocycles. The van der Waals surface area contributed by atoms with Gasteiger partial charge in [0, 0.05) is 11.8 Å². The fraction of sp³-hybridized carbons (Fsp3) is 0.812. The summed E-state index contributed by atoms with van der Waals surface area (Å²) in [5.41, 5.74) is 3.05. The number of carboxylic acid groups (broad SMARTS) is 2. The monoisotopic (exact) mass is 345 g/mol. The summed E-state index contributed by atoms with van der Waals surface area (Å²) < 4.78 is 10.8. The van der Waals surface area contributed by atoms with Crippen molar-refractivity contribution in [1.82, 2.24) is 0 Å². The van der Waals surface area contributed by atoms with Gasteiger partial charge in [0.15, 0.2) is 0 Å². The second-order valence-electron chi connectivity index (χ2n) is 7.47. The van der Waals surface area contributed by atoms with Gasteiger partial charge in [-0.25, -0.2) is 0 Å². The maximum atomic E-state index is 12.0. The second-order valence-corrected chi connectivity index (χ2v) is 7.47. The van der Waals surface area contributed by atoms with Gasteiger partial charge < -0.3 is 25.4 Å². The Labute approximate surface area is 141 Å². The van der Waals surface area contributed by atoms with Gasteiger partial charge >= 0.3 is 17.9 Å². The zero-order valence-electron chi connectivity index (χ0n) is 14.7. The smallest absolute Gasteiger partial charge is 0.325 e. The summed E-state index contributed by atoms with van der Waals surface area (Å²) >= 11 is 0. The number of carbonyl (C=O) groups is 3. The van der Waals surface area contributed by atoms with E-state index < -0.39 is 52.7 Å². The average Bonchev–Trinajstić information content (AvgIpc) is 2.49. The molecule has 1 saturated heterocycles. The summed E-state index contributed by atoms with van der Waals surface area (Å²) in [7, 11) is 0. The normalized spacial score (nSPS) is 29.8. The van der Waals surface area contributed by atoms with E-state index in [1.807, 2.05) is 0 Å². The SMILES string of the molecule is C[C@@H]1OC(=O)[C@@H](N)COC[C@H](C(C)(C)C(=O)O)[C@H]1C(C)(C)C(=O)O. The highest BCUT2D eigenvalue weighted by atomic mass is 16.6. The Kier molecular flexibility index (Phi) is 6.00. The second kappa shape index (κ2) is 7.06. The van der Waals surface area contributed by atoms with Gasteiger partial charge in [-0.3, -0.25) is 14.4 Å². The van der Waals surface area contributed by atoms with Gasteiger partial charge in [0.2, 0.25) is 0 Å². The number of hydrogen-bond donors (Lipinski definition) is 3. The molecule has 0 bridgehead atoms. The van der Waals surface area contributed by atoms with Crippen LogP contribution >= 0.6 is 0 Å². The molecule has 4 N–H and O–H groups in total. The molecule has 0 saturated carbocycles. The minimum absolute atomic E-state index is 0.0324. The average molecular weight is 345 g/mol. The van der Waals surface area contributed by atoms with Crippen LogP contribution in [0.25, 0.3) is 0 Å². The Morgan fingerprint density at radius 1 is 1.08 bits per heavy atom. The molecule has 24 heavy (non-hydrogen) atoms. The molecule has 0 aliphatic carbocycles. The molecule has 1 fully saturated rings. The van der Waals surface area contributed by atoms with Crippen LogP contribution in [0.3, 0.4) is 0 Å². The summed E-state index contributed by atoms with van der Waals surface area (Å²) in [6.07, 6.45) is -0.833. The van der Waals surface area contributed by atoms with Crippen LogP contribution in [-0.4, -0.2) is 53.5 Å². The zero-order chi connectivity index (χ0) is 18.9. The number of cyclic esters (lactones) is 1. The molecule has 8 heteroatoms. The summed E-state index contributed by atoms with van der Waals surface area (Å²) in [6, 6.07) is -0.993. The molecular weight excluding hydrogens is 318 g/mol. The molecule has 0 amide bonds. The van der Waals surface area contributed by atoms with Crippen molar-refractivity contribution in [3.63, 3.8) is 0 Å². The fourth-order valence-electron chi connectivity index (χ4n) is 3.21. The van der Waals surface area contributed by atoms with Gasteiger partial charge in [-0.05, 0) is 34.6 Å². The fourth-order valence-corrected chi connectivity index (χ4v) is 3.21. The highest BCUT2D eigenvalue weighted by molar-refractivity contribution is 5.77. The van der Waals surface area contributed by atoms with E-state index in [9.17, 15) is 24.6 Å². The van der Waals surface area contributed by atoms with Crippen molar-refractivity contribution in [3.05, 3.63) is 0 Å². The maximum absolute atomic E-state index is 12.0. The van der Waals surface area contributed by atoms with E-state index in [0.29, 0.717) is 0 Å². The number of esters is 1. The minimum atomic E-state index is -1.34. The molecule has 1 aliphatic rings. The quantitative estimate of drug-likeness (QED) is 0.634. The first-order chi connectivity index (χ1) is 10.8. The van der Waals surface area contributed by atoms with Crippen LogP contribution in [0, 0.1) is 22.7 Å². The highest BCUT2D eigenvalue weighted by Crippen LogP contribution is 2.45. The predicted molar refractivity (Wildman–Crippen MR) is 84.2 cm³/mol. The molecule has 1 heterocycles. The van der Waals surface area contributed by atoms with Crippen molar-refractivity contribution in [2.24, 2.45) is 28.4 Å². The van der Waals surface area contributed by atoms with E-state index in [4.69, 9.17) is 15.2 Å². The highest BCUT2D eigenvalue weighted by Gasteiger charge is 2.53. The third-order valence-corrected chi connectivity index (χ3v) is 5.00. The molecule has 0 unspecified atom stereocenters. The molecule has 138 valence electrons. The van der Waals surface area contributed by atoms with E-state index in [1.54, 1.807) is 6.92 Å². The summed E-state index contributed by atoms with van der Waals surface area (Å²) in [5, 5.41) is 19.2. The molecule has 0 spiro atoms. The molecule has 1 aliphatic heterocycles. The van der Waals surface area contributed by atoms with Gasteiger partial charge in [0.05, 0.1) is 24.0 Å². The number of carbonyl (C=O) groups excluding carboxylic acids is 1. The molecule has 8 nitrogen and oxygen atoms in total. The van der Waals surface area contributed by atoms with Crippen molar-refractivity contribution in [2.75, 3.05) is 13.2 Å². The van der Waals surface area contributed by atoms with Gasteiger partial charge in [0.25, 0.3) is 0 Å². The molecule has 0 aromatic rings. The van der Waals surface area contributed by atoms with Crippen molar-refractivity contribution < 1.29 is 34.1 Å². The first-order valence-electron chi connectivity index (χ1n) is 7.84. The van der Waals surface area contributed by atoms with Crippen LogP contribution in [-0.2, 0) is 23.9 Å². The van der Waals surface area contributed by atoms with E-state index in [2.05, 4.69) is 0 Å². The largest absolute Gasteiger partial charge is 0.481 e. The standard InChI is InChI=1S/C16H27NO7/c1-8-11(16(4,5)14(21)22)9(15(2,3)13(19)20)6-23-7-10(17)12(18)24-8/h8-11H,6-7,17H2,1-5H3,(H,19,20)(H,21,22)/t8-,9-,10-,11-/m0/s1. The number of carboxylic acids is 2. The first kappa shape index (κ1) is 20.4. The summed E-state index contributed by atoms with van der Waals surface area (Å²) in [4.78, 5) is 35.5. The lowest BCUT2D eigenvalue weighted by Gasteiger charge is -2.44. The van der Waals surface area contributed by atoms with Crippen molar-refractivity contribution in [3.8, 4) is 0 Å². The lowest BCUT2D eigenvalue weighted by atomic mass is 9.61. The molecule has 0 aromatic carbocycles. The van der Waals surface area contributed by atoms with E-state index in [1.165, 1.54) is 27.7 Å². The van der Waals surface area contributed by atoms with Crippen molar-refractivity contribution >= 4 is 17.9 Å². The third kappa shape index (κ3) is 3.87. The van der Waals surface area contributed by atoms with Gasteiger partial charge in [-0.2, -0.15) is 0 Å². The lowest BCUT2D eigenvalue weighted by Crippen LogP contribution is -2.52. The molecule has 4 atom stereocenters. The topological polar surface area (TPSA) is 136 Å². The minimum Gasteiger partial charge on any atom is -0.481 e. The Hall–Kier alpha value is -1.67. The van der Waals surface area contributed by atoms with Crippen LogP contribution in [0.1, 0.15) is 34.6 Å². The van der Waals surface area contributed by atoms with Gasteiger partial charge in [-0.15, -0.1) is 0 Å². The van der Waals surface area contributed by atoms with E-state index in [0.717, 1.165) is 0 Å². The number of rotatable bonds is 4. The molecular formula is C16H27NO7. The molecule has 1 rings (SSSR count). The van der Waals surface area contributed by atoms with Crippen LogP contribution in [0.4, 0.5) is 0 Å². The van der Waals surface area contributed by atoms with E-state index >= 15 is 0 Å². The van der Waals surface area contributed by atoms with Crippen molar-refractivity contribution in [2.45, 2.75) is 46.8 Å². The van der Waals surface area contributed by atoms with Crippen molar-refractivity contribution in [1.29, 1.82) is 0 Å². The lowest BCUT2D eigenvalue weighted by molar-refractivity contribution is -0.173. The first-order valence-corrected chi connectivity index (χ1v) is 7.84. The van der Waals surface area contributed by atoms with Gasteiger partial charge in [-0.1, -0.05) is 0 Å². The van der Waals surface area contributed by atoms with E-state index in [-0.39, 0.29) is 13.2 Å². The Morgan fingerprint density at radius 3 is 2.04 bits per heavy atom. The summed E-state index contributed by atoms with van der Waals surface area (Å²) in [6.45, 7) is 7.44. The number of nitrogens with two attached hydrogens (primary N) is 1. The summed E-state index contributed by atoms with van der Waals surface area (Å²) in [5.74, 6) is -4.36. The predicted octanol–water partition coefficient (Wildman–Crippen LogP) is 0.730. The van der Waals surface area contributed by atoms with Gasteiger partial charge in [0.1, 0.15) is 12.1 Å².